The lowest BCUT2D eigenvalue weighted by molar-refractivity contribution is -0.122. The molecule has 2 aromatic rings. The number of amides is 1. The Hall–Kier alpha value is -2.13. The molecule has 18 heavy (non-hydrogen) atoms. The van der Waals surface area contributed by atoms with Crippen molar-refractivity contribution in [1.82, 2.24) is 5.43 Å². The van der Waals surface area contributed by atoms with Gasteiger partial charge in [-0.1, -0.05) is 60.7 Å². The summed E-state index contributed by atoms with van der Waals surface area (Å²) in [7, 11) is 0. The molecule has 0 saturated heterocycles. The highest BCUT2D eigenvalue weighted by atomic mass is 16.2. The lowest BCUT2D eigenvalue weighted by Gasteiger charge is -2.15. The lowest BCUT2D eigenvalue weighted by Crippen LogP contribution is -2.35. The maximum absolute atomic E-state index is 11.9. The van der Waals surface area contributed by atoms with Gasteiger partial charge in [-0.3, -0.25) is 10.2 Å². The Labute approximate surface area is 107 Å². The van der Waals surface area contributed by atoms with E-state index >= 15 is 0 Å². The van der Waals surface area contributed by atoms with Gasteiger partial charge in [0.25, 0.3) is 0 Å². The van der Waals surface area contributed by atoms with Crippen LogP contribution < -0.4 is 11.3 Å². The molecule has 3 nitrogen and oxygen atoms in total. The molecule has 0 aliphatic heterocycles. The Morgan fingerprint density at radius 2 is 1.56 bits per heavy atom. The minimum Gasteiger partial charge on any atom is -0.294 e. The number of benzene rings is 2. The van der Waals surface area contributed by atoms with E-state index in [0.717, 1.165) is 11.1 Å². The highest BCUT2D eigenvalue weighted by molar-refractivity contribution is 5.83. The van der Waals surface area contributed by atoms with Crippen LogP contribution in [0.4, 0.5) is 0 Å². The number of nitrogens with one attached hydrogen (secondary N) is 1. The van der Waals surface area contributed by atoms with Crippen molar-refractivity contribution in [1.29, 1.82) is 0 Å². The number of nitrogens with two attached hydrogens (primary N) is 1. The van der Waals surface area contributed by atoms with Crippen molar-refractivity contribution >= 4 is 5.91 Å². The maximum Gasteiger partial charge on any atom is 0.241 e. The Kier molecular flexibility index (Phi) is 4.10. The average molecular weight is 240 g/mol. The molecule has 1 unspecified atom stereocenters. The zero-order chi connectivity index (χ0) is 12.8. The molecule has 0 aromatic heterocycles. The van der Waals surface area contributed by atoms with E-state index in [1.165, 1.54) is 0 Å². The molecule has 3 heteroatoms. The highest BCUT2D eigenvalue weighted by Crippen LogP contribution is 2.20. The van der Waals surface area contributed by atoms with Gasteiger partial charge in [-0.2, -0.15) is 0 Å². The van der Waals surface area contributed by atoms with Crippen molar-refractivity contribution in [2.24, 2.45) is 5.84 Å². The van der Waals surface area contributed by atoms with E-state index in [2.05, 4.69) is 5.43 Å². The predicted octanol–water partition coefficient (Wildman–Crippen LogP) is 2.00. The number of hydrazine groups is 1. The van der Waals surface area contributed by atoms with Gasteiger partial charge in [0.2, 0.25) is 5.91 Å². The molecular weight excluding hydrogens is 224 g/mol. The van der Waals surface area contributed by atoms with Crippen LogP contribution >= 0.6 is 0 Å². The first kappa shape index (κ1) is 12.3. The molecule has 1 amide bonds. The molecule has 0 fully saturated rings. The zero-order valence-electron chi connectivity index (χ0n) is 10.0. The summed E-state index contributed by atoms with van der Waals surface area (Å²) < 4.78 is 0. The lowest BCUT2D eigenvalue weighted by atomic mass is 9.91. The minimum absolute atomic E-state index is 0.162. The number of rotatable bonds is 4. The van der Waals surface area contributed by atoms with E-state index in [1.54, 1.807) is 0 Å². The summed E-state index contributed by atoms with van der Waals surface area (Å²) in [6.45, 7) is 0. The van der Waals surface area contributed by atoms with Crippen LogP contribution in [0.3, 0.4) is 0 Å². The quantitative estimate of drug-likeness (QED) is 0.488. The van der Waals surface area contributed by atoms with E-state index < -0.39 is 0 Å². The van der Waals surface area contributed by atoms with Gasteiger partial charge in [-0.25, -0.2) is 5.84 Å². The second-order valence-electron chi connectivity index (χ2n) is 4.16. The number of carbonyl (C=O) groups is 1. The second-order valence-corrected chi connectivity index (χ2v) is 4.16. The smallest absolute Gasteiger partial charge is 0.241 e. The Morgan fingerprint density at radius 3 is 2.11 bits per heavy atom. The maximum atomic E-state index is 11.9. The molecule has 1 atom stereocenters. The molecule has 0 bridgehead atoms. The monoisotopic (exact) mass is 240 g/mol. The topological polar surface area (TPSA) is 55.1 Å². The Balaban J connectivity index is 2.24. The number of carbonyl (C=O) groups excluding carboxylic acids is 1. The molecule has 2 rings (SSSR count). The van der Waals surface area contributed by atoms with Crippen LogP contribution in [-0.2, 0) is 11.2 Å². The fourth-order valence-corrected chi connectivity index (χ4v) is 2.00. The molecule has 0 spiro atoms. The second kappa shape index (κ2) is 5.98. The molecule has 0 heterocycles. The first-order valence-corrected chi connectivity index (χ1v) is 5.90. The van der Waals surface area contributed by atoms with Crippen molar-refractivity contribution in [3.8, 4) is 0 Å². The van der Waals surface area contributed by atoms with Crippen LogP contribution in [0.15, 0.2) is 60.7 Å². The molecule has 92 valence electrons. The van der Waals surface area contributed by atoms with Gasteiger partial charge in [-0.05, 0) is 17.5 Å². The van der Waals surface area contributed by atoms with Crippen molar-refractivity contribution in [2.75, 3.05) is 0 Å². The van der Waals surface area contributed by atoms with E-state index in [4.69, 9.17) is 5.84 Å². The molecule has 0 aliphatic carbocycles. The van der Waals surface area contributed by atoms with Gasteiger partial charge >= 0.3 is 0 Å². The van der Waals surface area contributed by atoms with E-state index in [1.807, 2.05) is 60.7 Å². The Morgan fingerprint density at radius 1 is 1.00 bits per heavy atom. The molecule has 0 saturated carbocycles. The summed E-state index contributed by atoms with van der Waals surface area (Å²) >= 11 is 0. The Bertz CT molecular complexity index is 496. The average Bonchev–Trinajstić information content (AvgIpc) is 2.46. The first-order valence-electron chi connectivity index (χ1n) is 5.90. The third-order valence-electron chi connectivity index (χ3n) is 2.94. The molecular formula is C15H16N2O. The van der Waals surface area contributed by atoms with Crippen molar-refractivity contribution in [2.45, 2.75) is 12.3 Å². The van der Waals surface area contributed by atoms with Gasteiger partial charge < -0.3 is 0 Å². The van der Waals surface area contributed by atoms with Crippen LogP contribution in [0.1, 0.15) is 17.0 Å². The van der Waals surface area contributed by atoms with E-state index in [-0.39, 0.29) is 11.8 Å². The van der Waals surface area contributed by atoms with Crippen molar-refractivity contribution in [3.63, 3.8) is 0 Å². The molecule has 0 aliphatic rings. The summed E-state index contributed by atoms with van der Waals surface area (Å²) in [5.41, 5.74) is 4.34. The fraction of sp³-hybridized carbons (Fsp3) is 0.133. The van der Waals surface area contributed by atoms with Gasteiger partial charge in [0.1, 0.15) is 0 Å². The largest absolute Gasteiger partial charge is 0.294 e. The first-order chi connectivity index (χ1) is 8.81. The van der Waals surface area contributed by atoms with Crippen LogP contribution in [0.25, 0.3) is 0 Å². The third-order valence-corrected chi connectivity index (χ3v) is 2.94. The standard InChI is InChI=1S/C15H16N2O/c16-17-15(18)14(13-9-5-2-6-10-13)11-12-7-3-1-4-8-12/h1-10,14H,11,16H2,(H,17,18). The normalized spacial score (nSPS) is 11.8. The van der Waals surface area contributed by atoms with E-state index in [0.29, 0.717) is 6.42 Å². The van der Waals surface area contributed by atoms with Gasteiger partial charge in [0.05, 0.1) is 5.92 Å². The number of hydrogen-bond acceptors (Lipinski definition) is 2. The van der Waals surface area contributed by atoms with Crippen molar-refractivity contribution < 1.29 is 4.79 Å². The van der Waals surface area contributed by atoms with Crippen LogP contribution in [0.2, 0.25) is 0 Å². The van der Waals surface area contributed by atoms with Crippen LogP contribution in [-0.4, -0.2) is 5.91 Å². The number of hydrogen-bond donors (Lipinski definition) is 2. The molecule has 0 radical (unpaired) electrons. The van der Waals surface area contributed by atoms with Crippen molar-refractivity contribution in [3.05, 3.63) is 71.8 Å². The molecule has 3 N–H and O–H groups in total. The SMILES string of the molecule is NNC(=O)C(Cc1ccccc1)c1ccccc1. The predicted molar refractivity (Wildman–Crippen MR) is 71.7 cm³/mol. The summed E-state index contributed by atoms with van der Waals surface area (Å²) in [6, 6.07) is 19.6. The van der Waals surface area contributed by atoms with Crippen LogP contribution in [0, 0.1) is 0 Å². The summed E-state index contributed by atoms with van der Waals surface area (Å²) in [5.74, 6) is 4.85. The van der Waals surface area contributed by atoms with Gasteiger partial charge in [0, 0.05) is 0 Å². The summed E-state index contributed by atoms with van der Waals surface area (Å²) in [6.07, 6.45) is 0.647. The fourth-order valence-electron chi connectivity index (χ4n) is 2.00. The minimum atomic E-state index is -0.251. The van der Waals surface area contributed by atoms with E-state index in [9.17, 15) is 4.79 Å². The van der Waals surface area contributed by atoms with Gasteiger partial charge in [-0.15, -0.1) is 0 Å². The summed E-state index contributed by atoms with van der Waals surface area (Å²) in [5, 5.41) is 0. The zero-order valence-corrected chi connectivity index (χ0v) is 10.0. The summed E-state index contributed by atoms with van der Waals surface area (Å²) in [4.78, 5) is 11.9. The molecule has 2 aromatic carbocycles. The highest BCUT2D eigenvalue weighted by Gasteiger charge is 2.19. The third kappa shape index (κ3) is 2.96. The van der Waals surface area contributed by atoms with Gasteiger partial charge in [0.15, 0.2) is 0 Å². The van der Waals surface area contributed by atoms with Crippen LogP contribution in [0.5, 0.6) is 0 Å².